The molecule has 0 aromatic rings. The summed E-state index contributed by atoms with van der Waals surface area (Å²) in [5.41, 5.74) is 3.45. The normalized spacial score (nSPS) is 31.0. The van der Waals surface area contributed by atoms with Gasteiger partial charge in [0.2, 0.25) is 0 Å². The van der Waals surface area contributed by atoms with E-state index in [0.29, 0.717) is 5.78 Å². The third-order valence-corrected chi connectivity index (χ3v) is 4.47. The zero-order valence-corrected chi connectivity index (χ0v) is 11.0. The number of carbonyl (C=O) groups excluding carboxylic acids is 1. The fourth-order valence-electron chi connectivity index (χ4n) is 2.66. The molecule has 0 saturated carbocycles. The summed E-state index contributed by atoms with van der Waals surface area (Å²) in [6, 6.07) is 0.237. The molecule has 0 unspecified atom stereocenters. The van der Waals surface area contributed by atoms with Crippen molar-refractivity contribution in [2.75, 3.05) is 13.1 Å². The third kappa shape index (κ3) is 2.40. The number of Topliss-reactive ketones (excluding diaryl/α,β-unsaturated/α-hetero) is 1. The van der Waals surface area contributed by atoms with E-state index in [-0.39, 0.29) is 6.04 Å². The van der Waals surface area contributed by atoms with Crippen molar-refractivity contribution in [2.45, 2.75) is 44.9 Å². The molecule has 0 bridgehead atoms. The van der Waals surface area contributed by atoms with Gasteiger partial charge in [0, 0.05) is 6.54 Å². The van der Waals surface area contributed by atoms with E-state index >= 15 is 0 Å². The Labute approximate surface area is 93.4 Å². The number of rotatable bonds is 1. The lowest BCUT2D eigenvalue weighted by atomic mass is 9.97. The molecule has 2 saturated heterocycles. The van der Waals surface area contributed by atoms with Gasteiger partial charge in [-0.1, -0.05) is 25.3 Å². The molecule has 0 amide bonds. The summed E-state index contributed by atoms with van der Waals surface area (Å²) in [5.74, 6) is 0.432. The van der Waals surface area contributed by atoms with Gasteiger partial charge < -0.3 is 0 Å². The quantitative estimate of drug-likeness (QED) is 0.502. The van der Waals surface area contributed by atoms with E-state index in [1.165, 1.54) is 6.42 Å². The lowest BCUT2D eigenvalue weighted by molar-refractivity contribution is -0.121. The van der Waals surface area contributed by atoms with Crippen molar-refractivity contribution in [3.05, 3.63) is 11.3 Å². The Morgan fingerprint density at radius 2 is 2.07 bits per heavy atom. The second-order valence-electron chi connectivity index (χ2n) is 5.84. The third-order valence-electron chi connectivity index (χ3n) is 3.26. The van der Waals surface area contributed by atoms with E-state index in [1.807, 2.05) is 0 Å². The van der Waals surface area contributed by atoms with Crippen LogP contribution in [-0.4, -0.2) is 37.9 Å². The highest BCUT2D eigenvalue weighted by Gasteiger charge is 2.36. The van der Waals surface area contributed by atoms with E-state index in [2.05, 4.69) is 30.2 Å². The highest BCUT2D eigenvalue weighted by molar-refractivity contribution is 6.81. The summed E-state index contributed by atoms with van der Waals surface area (Å²) in [5, 5.41) is 0. The smallest absolute Gasteiger partial charge is 0.175 e. The Balaban J connectivity index is 2.17. The van der Waals surface area contributed by atoms with Crippen LogP contribution in [0, 0.1) is 0 Å². The molecule has 2 aliphatic heterocycles. The van der Waals surface area contributed by atoms with Crippen LogP contribution >= 0.6 is 0 Å². The van der Waals surface area contributed by atoms with E-state index in [0.717, 1.165) is 31.5 Å². The second kappa shape index (κ2) is 3.87. The van der Waals surface area contributed by atoms with Crippen molar-refractivity contribution in [1.29, 1.82) is 0 Å². The van der Waals surface area contributed by atoms with Gasteiger partial charge in [-0.2, -0.15) is 0 Å². The summed E-state index contributed by atoms with van der Waals surface area (Å²) < 4.78 is 0. The molecule has 2 rings (SSSR count). The summed E-state index contributed by atoms with van der Waals surface area (Å²) in [4.78, 5) is 14.6. The monoisotopic (exact) mass is 223 g/mol. The van der Waals surface area contributed by atoms with Gasteiger partial charge in [0.1, 0.15) is 0 Å². The Morgan fingerprint density at radius 3 is 2.73 bits per heavy atom. The number of carbonyl (C=O) groups is 1. The average molecular weight is 223 g/mol. The Hall–Kier alpha value is -0.413. The summed E-state index contributed by atoms with van der Waals surface area (Å²) in [7, 11) is -1.23. The molecule has 3 heteroatoms. The Morgan fingerprint density at radius 1 is 1.33 bits per heavy atom. The first-order chi connectivity index (χ1) is 6.97. The maximum Gasteiger partial charge on any atom is 0.175 e. The molecular formula is C12H21NOSi. The van der Waals surface area contributed by atoms with Crippen LogP contribution in [0.1, 0.15) is 19.3 Å². The minimum atomic E-state index is -1.23. The number of fused-ring (bicyclic) bond motifs is 1. The summed E-state index contributed by atoms with van der Waals surface area (Å²) in [6.45, 7) is 9.14. The number of hydrogen-bond donors (Lipinski definition) is 0. The molecule has 0 spiro atoms. The van der Waals surface area contributed by atoms with Crippen LogP contribution in [0.25, 0.3) is 0 Å². The van der Waals surface area contributed by atoms with Crippen molar-refractivity contribution < 1.29 is 4.79 Å². The maximum absolute atomic E-state index is 12.2. The van der Waals surface area contributed by atoms with E-state index in [9.17, 15) is 4.79 Å². The van der Waals surface area contributed by atoms with E-state index in [1.54, 1.807) is 0 Å². The molecule has 1 atom stereocenters. The molecule has 0 aliphatic carbocycles. The fraction of sp³-hybridized carbons (Fsp3) is 0.750. The molecule has 84 valence electrons. The van der Waals surface area contributed by atoms with Crippen LogP contribution in [0.5, 0.6) is 0 Å². The highest BCUT2D eigenvalue weighted by Crippen LogP contribution is 2.28. The molecule has 2 heterocycles. The average Bonchev–Trinajstić information content (AvgIpc) is 2.56. The SMILES string of the molecule is C[Si](C)(C)/C=C1/CCN2CCC[C@H]2C1=O. The predicted octanol–water partition coefficient (Wildman–Crippen LogP) is 2.23. The summed E-state index contributed by atoms with van der Waals surface area (Å²) >= 11 is 0. The highest BCUT2D eigenvalue weighted by atomic mass is 28.3. The van der Waals surface area contributed by atoms with Gasteiger partial charge in [-0.15, -0.1) is 0 Å². The molecule has 2 aliphatic rings. The largest absolute Gasteiger partial charge is 0.293 e. The van der Waals surface area contributed by atoms with Gasteiger partial charge in [0.05, 0.1) is 14.1 Å². The van der Waals surface area contributed by atoms with Gasteiger partial charge in [0.25, 0.3) is 0 Å². The zero-order valence-electron chi connectivity index (χ0n) is 10.0. The van der Waals surface area contributed by atoms with Crippen LogP contribution in [0.3, 0.4) is 0 Å². The molecule has 0 radical (unpaired) electrons. The Kier molecular flexibility index (Phi) is 2.86. The van der Waals surface area contributed by atoms with E-state index < -0.39 is 8.07 Å². The van der Waals surface area contributed by atoms with Crippen LogP contribution < -0.4 is 0 Å². The zero-order chi connectivity index (χ0) is 11.1. The van der Waals surface area contributed by atoms with Crippen molar-refractivity contribution in [3.63, 3.8) is 0 Å². The van der Waals surface area contributed by atoms with Gasteiger partial charge in [-0.05, 0) is 31.4 Å². The van der Waals surface area contributed by atoms with E-state index in [4.69, 9.17) is 0 Å². The lowest BCUT2D eigenvalue weighted by Gasteiger charge is -2.30. The van der Waals surface area contributed by atoms with Crippen LogP contribution in [0.15, 0.2) is 11.3 Å². The first kappa shape index (κ1) is 11.1. The molecule has 0 aromatic carbocycles. The summed E-state index contributed by atoms with van der Waals surface area (Å²) in [6.07, 6.45) is 3.28. The number of nitrogens with zero attached hydrogens (tertiary/aromatic N) is 1. The molecule has 0 aromatic heterocycles. The minimum absolute atomic E-state index is 0.237. The van der Waals surface area contributed by atoms with Crippen molar-refractivity contribution in [3.8, 4) is 0 Å². The van der Waals surface area contributed by atoms with Crippen molar-refractivity contribution >= 4 is 13.9 Å². The molecule has 0 N–H and O–H groups in total. The first-order valence-electron chi connectivity index (χ1n) is 5.97. The van der Waals surface area contributed by atoms with Crippen molar-refractivity contribution in [2.24, 2.45) is 0 Å². The first-order valence-corrected chi connectivity index (χ1v) is 9.55. The van der Waals surface area contributed by atoms with Gasteiger partial charge in [-0.25, -0.2) is 0 Å². The molecule has 2 nitrogen and oxygen atoms in total. The van der Waals surface area contributed by atoms with Crippen LogP contribution in [-0.2, 0) is 4.79 Å². The minimum Gasteiger partial charge on any atom is -0.293 e. The Bertz CT molecular complexity index is 303. The number of hydrogen-bond acceptors (Lipinski definition) is 2. The molecule has 15 heavy (non-hydrogen) atoms. The van der Waals surface area contributed by atoms with Crippen molar-refractivity contribution in [1.82, 2.24) is 4.90 Å². The molecule has 2 fully saturated rings. The van der Waals surface area contributed by atoms with Crippen LogP contribution in [0.4, 0.5) is 0 Å². The second-order valence-corrected chi connectivity index (χ2v) is 10.9. The fourth-order valence-corrected chi connectivity index (χ4v) is 3.99. The number of piperidine rings is 1. The lowest BCUT2D eigenvalue weighted by Crippen LogP contribution is -2.43. The van der Waals surface area contributed by atoms with Gasteiger partial charge in [0.15, 0.2) is 5.78 Å². The molecular weight excluding hydrogens is 202 g/mol. The maximum atomic E-state index is 12.2. The predicted molar refractivity (Wildman–Crippen MR) is 65.6 cm³/mol. The van der Waals surface area contributed by atoms with Gasteiger partial charge in [-0.3, -0.25) is 9.69 Å². The number of ketones is 1. The van der Waals surface area contributed by atoms with Gasteiger partial charge >= 0.3 is 0 Å². The standard InChI is InChI=1S/C12H21NOSi/c1-15(2,3)9-10-6-8-13-7-4-5-11(13)12(10)14/h9,11H,4-8H2,1-3H3/b10-9-/t11-/m0/s1. The van der Waals surface area contributed by atoms with Crippen LogP contribution in [0.2, 0.25) is 19.6 Å². The topological polar surface area (TPSA) is 20.3 Å².